The standard InChI is InChI=1S/C44H58N14O8/c1-25(59)53-33-15-16-37(60)49-17-7-13-31(38(45)61)54-42(65)35(20-27-22-51-30-12-6-5-11-29(27)30)57-39(62)32(14-8-18-50-44(46)47)55-41(64)34(19-26-9-3-2-4-10-26)56-43(66)36(58-40(33)63)21-28-23-48-24-52-28/h2-6,9-12,22-24,31-36,51H,7-8,13-21H2,1H3,(H2,45,61)(H,48,52)(H,49,60)(H,53,59)(H,54,65)(H,55,64)(H,56,66)(H,57,62)(H,58,63)(H4,46,47,50)/t31?,32-,33-,34?,35-,36-/m0/s1. The zero-order valence-electron chi connectivity index (χ0n) is 36.6. The van der Waals surface area contributed by atoms with E-state index in [2.05, 4.69) is 57.2 Å². The van der Waals surface area contributed by atoms with E-state index in [4.69, 9.17) is 17.2 Å². The van der Waals surface area contributed by atoms with E-state index in [1.54, 1.807) is 36.5 Å². The lowest BCUT2D eigenvalue weighted by atomic mass is 10.0. The molecule has 0 bridgehead atoms. The van der Waals surface area contributed by atoms with Gasteiger partial charge in [-0.15, -0.1) is 0 Å². The smallest absolute Gasteiger partial charge is 0.243 e. The molecule has 0 radical (unpaired) electrons. The number of aromatic amines is 2. The van der Waals surface area contributed by atoms with E-state index in [-0.39, 0.29) is 76.8 Å². The number of nitrogens with two attached hydrogens (primary N) is 3. The van der Waals surface area contributed by atoms with Crippen LogP contribution in [0.25, 0.3) is 10.9 Å². The van der Waals surface area contributed by atoms with Crippen LogP contribution in [0.5, 0.6) is 0 Å². The van der Waals surface area contributed by atoms with Crippen molar-refractivity contribution in [3.05, 3.63) is 90.1 Å². The van der Waals surface area contributed by atoms with Gasteiger partial charge in [0, 0.05) is 74.7 Å². The highest BCUT2D eigenvalue weighted by Crippen LogP contribution is 2.20. The Morgan fingerprint density at radius 1 is 0.742 bits per heavy atom. The molecule has 22 heteroatoms. The Hall–Kier alpha value is -7.78. The molecule has 6 atom stereocenters. The van der Waals surface area contributed by atoms with Gasteiger partial charge in [-0.1, -0.05) is 48.5 Å². The van der Waals surface area contributed by atoms with Gasteiger partial charge in [-0.3, -0.25) is 43.3 Å². The predicted molar refractivity (Wildman–Crippen MR) is 242 cm³/mol. The van der Waals surface area contributed by atoms with E-state index in [0.29, 0.717) is 16.8 Å². The third kappa shape index (κ3) is 15.2. The largest absolute Gasteiger partial charge is 0.370 e. The van der Waals surface area contributed by atoms with Crippen LogP contribution in [-0.4, -0.2) is 118 Å². The minimum Gasteiger partial charge on any atom is -0.370 e. The molecule has 3 heterocycles. The molecule has 66 heavy (non-hydrogen) atoms. The first-order valence-electron chi connectivity index (χ1n) is 21.6. The Labute approximate surface area is 380 Å². The van der Waals surface area contributed by atoms with Crippen LogP contribution < -0.4 is 54.4 Å². The number of imidazole rings is 1. The zero-order valence-corrected chi connectivity index (χ0v) is 36.6. The molecule has 2 aromatic carbocycles. The van der Waals surface area contributed by atoms with Gasteiger partial charge in [0.15, 0.2) is 5.96 Å². The zero-order chi connectivity index (χ0) is 47.6. The van der Waals surface area contributed by atoms with Crippen molar-refractivity contribution in [1.29, 1.82) is 0 Å². The number of hydrogen-bond donors (Lipinski definition) is 12. The van der Waals surface area contributed by atoms with E-state index in [1.165, 1.54) is 19.4 Å². The molecule has 1 fully saturated rings. The lowest BCUT2D eigenvalue weighted by Crippen LogP contribution is -2.60. The lowest BCUT2D eigenvalue weighted by Gasteiger charge is -2.27. The minimum atomic E-state index is -1.34. The van der Waals surface area contributed by atoms with E-state index in [9.17, 15) is 38.4 Å². The number of amides is 8. The molecule has 1 aliphatic heterocycles. The molecule has 22 nitrogen and oxygen atoms in total. The fourth-order valence-corrected chi connectivity index (χ4v) is 7.45. The van der Waals surface area contributed by atoms with E-state index >= 15 is 0 Å². The van der Waals surface area contributed by atoms with Gasteiger partial charge in [0.2, 0.25) is 47.3 Å². The van der Waals surface area contributed by atoms with Gasteiger partial charge in [0.05, 0.1) is 6.33 Å². The average Bonchev–Trinajstić information content (AvgIpc) is 3.96. The number of aliphatic imine (C=N–C) groups is 1. The Morgan fingerprint density at radius 3 is 2.06 bits per heavy atom. The van der Waals surface area contributed by atoms with Crippen molar-refractivity contribution in [3.63, 3.8) is 0 Å². The Morgan fingerprint density at radius 2 is 1.38 bits per heavy atom. The van der Waals surface area contributed by atoms with Gasteiger partial charge in [-0.2, -0.15) is 0 Å². The van der Waals surface area contributed by atoms with Crippen molar-refractivity contribution in [3.8, 4) is 0 Å². The first-order chi connectivity index (χ1) is 31.7. The average molecular weight is 911 g/mol. The first kappa shape index (κ1) is 49.2. The monoisotopic (exact) mass is 910 g/mol. The second-order valence-electron chi connectivity index (χ2n) is 16.0. The van der Waals surface area contributed by atoms with Crippen LogP contribution in [0.1, 0.15) is 62.3 Å². The highest BCUT2D eigenvalue weighted by Gasteiger charge is 2.34. The van der Waals surface area contributed by atoms with Gasteiger partial charge < -0.3 is 64.4 Å². The van der Waals surface area contributed by atoms with E-state index in [1.807, 2.05) is 24.3 Å². The number of guanidine groups is 1. The van der Waals surface area contributed by atoms with Gasteiger partial charge in [-0.25, -0.2) is 4.98 Å². The SMILES string of the molecule is CC(=O)N[C@H]1CCC(=O)NCCCC(C(N)=O)NC(=O)[C@H](Cc2c[nH]c3ccccc23)NC(=O)[C@H](CCCN=C(N)N)NC(=O)C(Cc2ccccc2)NC(=O)[C@H](Cc2cnc[nH]2)NC1=O. The lowest BCUT2D eigenvalue weighted by molar-refractivity contribution is -0.135. The number of rotatable bonds is 12. The number of nitrogens with zero attached hydrogens (tertiary/aromatic N) is 2. The van der Waals surface area contributed by atoms with E-state index < -0.39 is 83.5 Å². The van der Waals surface area contributed by atoms with Crippen molar-refractivity contribution >= 4 is 64.1 Å². The van der Waals surface area contributed by atoms with E-state index in [0.717, 1.165) is 10.9 Å². The maximum atomic E-state index is 14.5. The second-order valence-corrected chi connectivity index (χ2v) is 16.0. The summed E-state index contributed by atoms with van der Waals surface area (Å²) in [4.78, 5) is 123. The summed E-state index contributed by atoms with van der Waals surface area (Å²) in [6.45, 7) is 1.34. The van der Waals surface area contributed by atoms with Gasteiger partial charge in [0.1, 0.15) is 36.3 Å². The molecule has 5 rings (SSSR count). The molecule has 1 aliphatic rings. The van der Waals surface area contributed by atoms with Crippen molar-refractivity contribution in [1.82, 2.24) is 52.2 Å². The fraction of sp³-hybridized carbons (Fsp3) is 0.409. The molecule has 0 aliphatic carbocycles. The number of H-pyrrole nitrogens is 2. The topological polar surface area (TPSA) is 356 Å². The van der Waals surface area contributed by atoms with Crippen LogP contribution in [0.3, 0.4) is 0 Å². The Kier molecular flexibility index (Phi) is 18.2. The second kappa shape index (κ2) is 24.3. The summed E-state index contributed by atoms with van der Waals surface area (Å²) in [5, 5.41) is 19.6. The normalized spacial score (nSPS) is 22.1. The summed E-state index contributed by atoms with van der Waals surface area (Å²) in [6.07, 6.45) is 4.31. The minimum absolute atomic E-state index is 0.0110. The summed E-state index contributed by atoms with van der Waals surface area (Å²) < 4.78 is 0. The number of aromatic nitrogens is 3. The number of carbonyl (C=O) groups excluding carboxylic acids is 8. The number of benzene rings is 2. The highest BCUT2D eigenvalue weighted by atomic mass is 16.2. The van der Waals surface area contributed by atoms with Gasteiger partial charge >= 0.3 is 0 Å². The number of fused-ring (bicyclic) bond motifs is 1. The fourth-order valence-electron chi connectivity index (χ4n) is 7.45. The van der Waals surface area contributed by atoms with Crippen LogP contribution in [0, 0.1) is 0 Å². The third-order valence-electron chi connectivity index (χ3n) is 10.8. The number of carbonyl (C=O) groups is 8. The molecule has 0 spiro atoms. The summed E-state index contributed by atoms with van der Waals surface area (Å²) in [7, 11) is 0. The first-order valence-corrected chi connectivity index (χ1v) is 21.6. The maximum absolute atomic E-state index is 14.5. The number of primary amides is 1. The highest BCUT2D eigenvalue weighted by molar-refractivity contribution is 5.97. The molecule has 15 N–H and O–H groups in total. The molecule has 4 aromatic rings. The Bertz CT molecular complexity index is 2350. The number of para-hydroxylation sites is 1. The van der Waals surface area contributed by atoms with Crippen molar-refractivity contribution in [2.75, 3.05) is 13.1 Å². The van der Waals surface area contributed by atoms with Gasteiger partial charge in [-0.05, 0) is 49.3 Å². The quantitative estimate of drug-likeness (QED) is 0.0422. The van der Waals surface area contributed by atoms with Crippen LogP contribution in [0.2, 0.25) is 0 Å². The van der Waals surface area contributed by atoms with Gasteiger partial charge in [0.25, 0.3) is 0 Å². The predicted octanol–water partition coefficient (Wildman–Crippen LogP) is -1.92. The van der Waals surface area contributed by atoms with Crippen molar-refractivity contribution < 1.29 is 38.4 Å². The van der Waals surface area contributed by atoms with Crippen LogP contribution in [0.15, 0.2) is 78.3 Å². The molecular formula is C44H58N14O8. The Balaban J connectivity index is 1.53. The van der Waals surface area contributed by atoms with Crippen LogP contribution >= 0.6 is 0 Å². The third-order valence-corrected chi connectivity index (χ3v) is 10.8. The molecule has 0 saturated carbocycles. The number of hydrogen-bond acceptors (Lipinski definition) is 10. The molecule has 8 amide bonds. The number of nitrogens with one attached hydrogen (secondary N) is 9. The summed E-state index contributed by atoms with van der Waals surface area (Å²) >= 11 is 0. The van der Waals surface area contributed by atoms with Crippen molar-refractivity contribution in [2.45, 2.75) is 101 Å². The molecule has 352 valence electrons. The maximum Gasteiger partial charge on any atom is 0.243 e. The molecule has 2 aromatic heterocycles. The molecule has 1 saturated heterocycles. The van der Waals surface area contributed by atoms with Crippen molar-refractivity contribution in [2.24, 2.45) is 22.2 Å². The van der Waals surface area contributed by atoms with Crippen LogP contribution in [-0.2, 0) is 57.6 Å². The summed E-state index contributed by atoms with van der Waals surface area (Å²) in [5.74, 6) is -5.97. The van der Waals surface area contributed by atoms with Crippen LogP contribution in [0.4, 0.5) is 0 Å². The molecular weight excluding hydrogens is 853 g/mol. The summed E-state index contributed by atoms with van der Waals surface area (Å²) in [5.41, 5.74) is 19.4. The molecule has 2 unspecified atom stereocenters. The summed E-state index contributed by atoms with van der Waals surface area (Å²) in [6, 6.07) is 8.35.